The van der Waals surface area contributed by atoms with E-state index in [4.69, 9.17) is 18.3 Å². The molecular formula is C21H18O6. The third-order valence-electron chi connectivity index (χ3n) is 4.57. The molecule has 1 aliphatic heterocycles. The van der Waals surface area contributed by atoms with E-state index in [1.54, 1.807) is 24.3 Å². The van der Waals surface area contributed by atoms with Crippen LogP contribution in [0.25, 0.3) is 17.0 Å². The molecular weight excluding hydrogens is 348 g/mol. The van der Waals surface area contributed by atoms with Gasteiger partial charge >= 0.3 is 11.6 Å². The maximum absolute atomic E-state index is 12.2. The average Bonchev–Trinajstić information content (AvgIpc) is 3.12. The van der Waals surface area contributed by atoms with Gasteiger partial charge in [0, 0.05) is 35.6 Å². The zero-order valence-electron chi connectivity index (χ0n) is 14.9. The number of esters is 1. The summed E-state index contributed by atoms with van der Waals surface area (Å²) in [6, 6.07) is 8.43. The lowest BCUT2D eigenvalue weighted by Gasteiger charge is -2.39. The van der Waals surface area contributed by atoms with Crippen LogP contribution in [-0.2, 0) is 16.0 Å². The van der Waals surface area contributed by atoms with Gasteiger partial charge in [-0.15, -0.1) is 0 Å². The number of hydrogen-bond acceptors (Lipinski definition) is 6. The molecule has 0 N–H and O–H groups in total. The van der Waals surface area contributed by atoms with Crippen LogP contribution >= 0.6 is 0 Å². The summed E-state index contributed by atoms with van der Waals surface area (Å²) in [6.07, 6.45) is 6.11. The molecule has 1 atom stereocenters. The van der Waals surface area contributed by atoms with E-state index >= 15 is 0 Å². The van der Waals surface area contributed by atoms with Crippen LogP contribution in [0.4, 0.5) is 0 Å². The first-order valence-electron chi connectivity index (χ1n) is 8.57. The fourth-order valence-corrected chi connectivity index (χ4v) is 3.09. The highest BCUT2D eigenvalue weighted by molar-refractivity contribution is 5.87. The Morgan fingerprint density at radius 1 is 1.26 bits per heavy atom. The molecule has 138 valence electrons. The summed E-state index contributed by atoms with van der Waals surface area (Å²) in [7, 11) is 0. The quantitative estimate of drug-likeness (QED) is 0.399. The number of benzene rings is 1. The van der Waals surface area contributed by atoms with Crippen LogP contribution in [0.5, 0.6) is 5.75 Å². The predicted octanol–water partition coefficient (Wildman–Crippen LogP) is 3.72. The van der Waals surface area contributed by atoms with Crippen LogP contribution in [0.3, 0.4) is 0 Å². The Hall–Kier alpha value is -3.28. The van der Waals surface area contributed by atoms with Crippen molar-refractivity contribution in [3.8, 4) is 5.75 Å². The van der Waals surface area contributed by atoms with Crippen LogP contribution in [-0.4, -0.2) is 17.7 Å². The lowest BCUT2D eigenvalue weighted by atomic mass is 9.90. The van der Waals surface area contributed by atoms with E-state index < -0.39 is 23.3 Å². The van der Waals surface area contributed by atoms with Crippen molar-refractivity contribution in [1.82, 2.24) is 0 Å². The van der Waals surface area contributed by atoms with Crippen LogP contribution in [0.2, 0.25) is 0 Å². The number of carbonyl (C=O) groups is 1. The number of hydrogen-bond donors (Lipinski definition) is 0. The van der Waals surface area contributed by atoms with Crippen molar-refractivity contribution in [3.63, 3.8) is 0 Å². The Balaban J connectivity index is 1.57. The number of rotatable bonds is 3. The second-order valence-electron chi connectivity index (χ2n) is 6.98. The monoisotopic (exact) mass is 366 g/mol. The van der Waals surface area contributed by atoms with Crippen molar-refractivity contribution < 1.29 is 23.1 Å². The summed E-state index contributed by atoms with van der Waals surface area (Å²) >= 11 is 0. The molecule has 6 heteroatoms. The van der Waals surface area contributed by atoms with E-state index in [9.17, 15) is 9.59 Å². The van der Waals surface area contributed by atoms with Gasteiger partial charge in [-0.05, 0) is 43.7 Å². The zero-order valence-corrected chi connectivity index (χ0v) is 14.9. The molecule has 4 rings (SSSR count). The molecule has 0 unspecified atom stereocenters. The number of ether oxygens (including phenoxy) is 2. The SMILES string of the molecule is CC1(C)Oc2cc3oc(=O)ccc3cc2C[C@H]1OC(=O)/C=C/c1ccoc1. The van der Waals surface area contributed by atoms with Crippen molar-refractivity contribution in [1.29, 1.82) is 0 Å². The first-order chi connectivity index (χ1) is 12.9. The minimum Gasteiger partial charge on any atom is -0.484 e. The fraction of sp³-hybridized carbons (Fsp3) is 0.238. The van der Waals surface area contributed by atoms with E-state index in [1.165, 1.54) is 24.7 Å². The largest absolute Gasteiger partial charge is 0.484 e. The number of fused-ring (bicyclic) bond motifs is 2. The summed E-state index contributed by atoms with van der Waals surface area (Å²) in [6.45, 7) is 3.72. The van der Waals surface area contributed by atoms with Crippen LogP contribution in [0.15, 0.2) is 62.6 Å². The molecule has 3 heterocycles. The maximum atomic E-state index is 12.2. The van der Waals surface area contributed by atoms with Gasteiger partial charge in [-0.25, -0.2) is 9.59 Å². The lowest BCUT2D eigenvalue weighted by Crippen LogP contribution is -2.48. The van der Waals surface area contributed by atoms with Crippen LogP contribution in [0, 0.1) is 0 Å². The smallest absolute Gasteiger partial charge is 0.336 e. The maximum Gasteiger partial charge on any atom is 0.336 e. The third kappa shape index (κ3) is 3.51. The summed E-state index contributed by atoms with van der Waals surface area (Å²) in [4.78, 5) is 23.6. The first-order valence-corrected chi connectivity index (χ1v) is 8.57. The Morgan fingerprint density at radius 3 is 2.89 bits per heavy atom. The molecule has 6 nitrogen and oxygen atoms in total. The molecule has 27 heavy (non-hydrogen) atoms. The van der Waals surface area contributed by atoms with E-state index in [2.05, 4.69) is 0 Å². The molecule has 2 aromatic heterocycles. The van der Waals surface area contributed by atoms with Crippen molar-refractivity contribution in [2.75, 3.05) is 0 Å². The molecule has 1 aromatic carbocycles. The molecule has 0 radical (unpaired) electrons. The van der Waals surface area contributed by atoms with E-state index in [0.717, 1.165) is 16.5 Å². The topological polar surface area (TPSA) is 78.9 Å². The first kappa shape index (κ1) is 17.1. The van der Waals surface area contributed by atoms with Gasteiger partial charge in [0.05, 0.1) is 12.5 Å². The Morgan fingerprint density at radius 2 is 2.11 bits per heavy atom. The molecule has 0 amide bonds. The number of furan rings is 1. The molecule has 1 aliphatic rings. The minimum absolute atomic E-state index is 0.409. The van der Waals surface area contributed by atoms with E-state index in [0.29, 0.717) is 17.8 Å². The predicted molar refractivity (Wildman–Crippen MR) is 98.5 cm³/mol. The lowest BCUT2D eigenvalue weighted by molar-refractivity contribution is -0.155. The van der Waals surface area contributed by atoms with Crippen molar-refractivity contribution in [2.24, 2.45) is 0 Å². The van der Waals surface area contributed by atoms with Gasteiger partial charge in [0.25, 0.3) is 0 Å². The van der Waals surface area contributed by atoms with Crippen LogP contribution in [0.1, 0.15) is 25.0 Å². The highest BCUT2D eigenvalue weighted by atomic mass is 16.6. The highest BCUT2D eigenvalue weighted by Crippen LogP contribution is 2.37. The molecule has 0 fully saturated rings. The Kier molecular flexibility index (Phi) is 4.11. The van der Waals surface area contributed by atoms with E-state index in [-0.39, 0.29) is 0 Å². The average molecular weight is 366 g/mol. The van der Waals surface area contributed by atoms with Crippen LogP contribution < -0.4 is 10.4 Å². The highest BCUT2D eigenvalue weighted by Gasteiger charge is 2.39. The summed E-state index contributed by atoms with van der Waals surface area (Å²) in [5, 5.41) is 0.793. The zero-order chi connectivity index (χ0) is 19.0. The second kappa shape index (κ2) is 6.46. The standard InChI is InChI=1S/C21H18O6/c1-21(2)18(26-20(23)5-3-13-7-8-24-12-13)10-15-9-14-4-6-19(22)25-16(14)11-17(15)27-21/h3-9,11-12,18H,10H2,1-2H3/b5-3+/t18-/m1/s1. The molecule has 3 aromatic rings. The van der Waals surface area contributed by atoms with Gasteiger partial charge < -0.3 is 18.3 Å². The minimum atomic E-state index is -0.727. The molecule has 0 spiro atoms. The van der Waals surface area contributed by atoms with Gasteiger partial charge in [0.15, 0.2) is 0 Å². The molecule has 0 saturated carbocycles. The summed E-state index contributed by atoms with van der Waals surface area (Å²) in [5.41, 5.74) is 1.01. The van der Waals surface area contributed by atoms with Crippen molar-refractivity contribution >= 4 is 23.0 Å². The molecule has 0 aliphatic carbocycles. The van der Waals surface area contributed by atoms with Gasteiger partial charge in [-0.2, -0.15) is 0 Å². The Bertz CT molecular complexity index is 1070. The van der Waals surface area contributed by atoms with Gasteiger partial charge in [0.1, 0.15) is 23.0 Å². The molecule has 0 saturated heterocycles. The molecule has 0 bridgehead atoms. The Labute approximate surface area is 155 Å². The fourth-order valence-electron chi connectivity index (χ4n) is 3.09. The van der Waals surface area contributed by atoms with Crippen molar-refractivity contribution in [3.05, 3.63) is 70.5 Å². The van der Waals surface area contributed by atoms with Gasteiger partial charge in [-0.3, -0.25) is 0 Å². The summed E-state index contributed by atoms with van der Waals surface area (Å²) in [5.74, 6) is 0.177. The summed E-state index contributed by atoms with van der Waals surface area (Å²) < 4.78 is 21.9. The van der Waals surface area contributed by atoms with Gasteiger partial charge in [0.2, 0.25) is 0 Å². The van der Waals surface area contributed by atoms with Crippen molar-refractivity contribution in [2.45, 2.75) is 32.0 Å². The normalized spacial score (nSPS) is 18.2. The van der Waals surface area contributed by atoms with E-state index in [1.807, 2.05) is 19.9 Å². The van der Waals surface area contributed by atoms with Gasteiger partial charge in [-0.1, -0.05) is 0 Å². The second-order valence-corrected chi connectivity index (χ2v) is 6.98. The third-order valence-corrected chi connectivity index (χ3v) is 4.57. The number of carbonyl (C=O) groups excluding carboxylic acids is 1.